The number of hydrogen-bond donors (Lipinski definition) is 0. The quantitative estimate of drug-likeness (QED) is 0.453. The first-order chi connectivity index (χ1) is 6.15. The molecule has 0 aromatic rings. The Balaban J connectivity index is 2.91. The number of hydrogen-bond acceptors (Lipinski definition) is 0. The lowest BCUT2D eigenvalue weighted by Gasteiger charge is -2.07. The lowest BCUT2D eigenvalue weighted by Crippen LogP contribution is -2.01. The minimum Gasteiger partial charge on any atom is -0.258 e. The van der Waals surface area contributed by atoms with Gasteiger partial charge in [-0.15, -0.1) is 11.6 Å². The normalized spacial score (nSPS) is 17.5. The second-order valence-corrected chi connectivity index (χ2v) is 3.68. The standard InChI is InChI=1S/C11H14ClO/c1-8(9(2)12)10-4-6-11(13-3)7-5-10/h4-7,9H,1-3H3/q+1/t9-/m1/s1. The van der Waals surface area contributed by atoms with Crippen molar-refractivity contribution in [3.8, 4) is 0 Å². The monoisotopic (exact) mass is 197 g/mol. The molecular formula is C11H14ClO+. The van der Waals surface area contributed by atoms with E-state index < -0.39 is 0 Å². The molecule has 0 aromatic carbocycles. The van der Waals surface area contributed by atoms with Gasteiger partial charge in [0.15, 0.2) is 0 Å². The average molecular weight is 198 g/mol. The molecule has 2 heteroatoms. The fraction of sp³-hybridized carbons (Fsp3) is 0.364. The van der Waals surface area contributed by atoms with Crippen LogP contribution in [0.2, 0.25) is 0 Å². The van der Waals surface area contributed by atoms with Crippen LogP contribution >= 0.6 is 11.6 Å². The summed E-state index contributed by atoms with van der Waals surface area (Å²) >= 11 is 5.97. The summed E-state index contributed by atoms with van der Waals surface area (Å²) < 4.78 is 5.07. The molecule has 0 fully saturated rings. The Morgan fingerprint density at radius 1 is 1.31 bits per heavy atom. The maximum Gasteiger partial charge on any atom is 0.343 e. The summed E-state index contributed by atoms with van der Waals surface area (Å²) in [5.74, 6) is 0.874. The zero-order valence-electron chi connectivity index (χ0n) is 8.17. The summed E-state index contributed by atoms with van der Waals surface area (Å²) in [5.41, 5.74) is 2.35. The molecule has 1 aliphatic rings. The number of alkyl halides is 1. The Kier molecular flexibility index (Phi) is 3.49. The molecule has 1 rings (SSSR count). The van der Waals surface area contributed by atoms with E-state index in [0.29, 0.717) is 0 Å². The van der Waals surface area contributed by atoms with Crippen LogP contribution in [0.25, 0.3) is 0 Å². The number of halogens is 1. The van der Waals surface area contributed by atoms with Crippen molar-refractivity contribution < 1.29 is 4.42 Å². The molecule has 0 bridgehead atoms. The summed E-state index contributed by atoms with van der Waals surface area (Å²) in [6, 6.07) is 0. The number of carbonyl (C=O) groups excluding carboxylic acids is 1. The summed E-state index contributed by atoms with van der Waals surface area (Å²) in [7, 11) is 1.66. The average Bonchev–Trinajstić information content (AvgIpc) is 2.17. The van der Waals surface area contributed by atoms with Gasteiger partial charge in [0.2, 0.25) is 0 Å². The molecule has 13 heavy (non-hydrogen) atoms. The number of rotatable bonds is 1. The van der Waals surface area contributed by atoms with Gasteiger partial charge in [-0.05, 0) is 37.1 Å². The van der Waals surface area contributed by atoms with Gasteiger partial charge in [0, 0.05) is 12.2 Å². The lowest BCUT2D eigenvalue weighted by atomic mass is 10.0. The molecule has 1 atom stereocenters. The SMILES string of the molecule is C[O+]=C1C=CC(=C(C)[C@@H](C)Cl)C=C1. The van der Waals surface area contributed by atoms with E-state index in [0.717, 1.165) is 5.78 Å². The Morgan fingerprint density at radius 2 is 1.85 bits per heavy atom. The van der Waals surface area contributed by atoms with E-state index in [2.05, 4.69) is 0 Å². The van der Waals surface area contributed by atoms with Gasteiger partial charge in [-0.1, -0.05) is 0 Å². The Morgan fingerprint density at radius 3 is 2.23 bits per heavy atom. The van der Waals surface area contributed by atoms with Crippen LogP contribution in [0.1, 0.15) is 13.8 Å². The van der Waals surface area contributed by atoms with E-state index in [-0.39, 0.29) is 5.38 Å². The lowest BCUT2D eigenvalue weighted by molar-refractivity contribution is -0.417. The molecule has 0 unspecified atom stereocenters. The van der Waals surface area contributed by atoms with Crippen molar-refractivity contribution in [1.82, 2.24) is 0 Å². The number of allylic oxidation sites excluding steroid dienone is 6. The Labute approximate surface area is 84.1 Å². The van der Waals surface area contributed by atoms with Crippen molar-refractivity contribution in [2.75, 3.05) is 7.11 Å². The van der Waals surface area contributed by atoms with Crippen LogP contribution < -0.4 is 0 Å². The molecule has 0 amide bonds. The molecular weight excluding hydrogens is 184 g/mol. The van der Waals surface area contributed by atoms with Crippen LogP contribution in [0.3, 0.4) is 0 Å². The molecule has 0 N–H and O–H groups in total. The van der Waals surface area contributed by atoms with Crippen molar-refractivity contribution in [3.05, 3.63) is 35.5 Å². The molecule has 0 radical (unpaired) electrons. The highest BCUT2D eigenvalue weighted by atomic mass is 35.5. The van der Waals surface area contributed by atoms with Gasteiger partial charge in [-0.2, -0.15) is 0 Å². The first kappa shape index (κ1) is 10.3. The first-order valence-corrected chi connectivity index (χ1v) is 4.70. The van der Waals surface area contributed by atoms with E-state index in [1.807, 2.05) is 38.2 Å². The molecule has 1 nitrogen and oxygen atoms in total. The van der Waals surface area contributed by atoms with E-state index in [4.69, 9.17) is 16.0 Å². The van der Waals surface area contributed by atoms with Crippen molar-refractivity contribution in [2.24, 2.45) is 0 Å². The molecule has 0 saturated heterocycles. The van der Waals surface area contributed by atoms with Gasteiger partial charge in [0.1, 0.15) is 0 Å². The molecule has 0 heterocycles. The van der Waals surface area contributed by atoms with E-state index in [1.54, 1.807) is 7.11 Å². The van der Waals surface area contributed by atoms with Crippen LogP contribution in [0.15, 0.2) is 35.5 Å². The van der Waals surface area contributed by atoms with E-state index in [9.17, 15) is 0 Å². The maximum absolute atomic E-state index is 5.97. The highest BCUT2D eigenvalue weighted by Crippen LogP contribution is 2.17. The molecule has 70 valence electrons. The Hall–Kier alpha value is -0.820. The maximum atomic E-state index is 5.97. The van der Waals surface area contributed by atoms with Crippen molar-refractivity contribution in [1.29, 1.82) is 0 Å². The minimum absolute atomic E-state index is 0.0772. The second-order valence-electron chi connectivity index (χ2n) is 3.03. The molecule has 0 aliphatic heterocycles. The highest BCUT2D eigenvalue weighted by Gasteiger charge is 2.09. The first-order valence-electron chi connectivity index (χ1n) is 4.27. The summed E-state index contributed by atoms with van der Waals surface area (Å²) in [6.07, 6.45) is 7.93. The number of ketones is 1. The highest BCUT2D eigenvalue weighted by molar-refractivity contribution is 6.22. The largest absolute Gasteiger partial charge is 0.343 e. The van der Waals surface area contributed by atoms with Crippen LogP contribution in [-0.2, 0) is 4.42 Å². The van der Waals surface area contributed by atoms with Gasteiger partial charge in [-0.25, -0.2) is 0 Å². The molecule has 1 aliphatic carbocycles. The summed E-state index contributed by atoms with van der Waals surface area (Å²) in [4.78, 5) is 0. The van der Waals surface area contributed by atoms with Crippen LogP contribution in [-0.4, -0.2) is 18.3 Å². The summed E-state index contributed by atoms with van der Waals surface area (Å²) in [5, 5.41) is 0.0772. The topological polar surface area (TPSA) is 11.3 Å². The van der Waals surface area contributed by atoms with E-state index in [1.165, 1.54) is 11.1 Å². The van der Waals surface area contributed by atoms with Crippen molar-refractivity contribution in [3.63, 3.8) is 0 Å². The third-order valence-corrected chi connectivity index (χ3v) is 2.47. The van der Waals surface area contributed by atoms with Crippen LogP contribution in [0, 0.1) is 0 Å². The van der Waals surface area contributed by atoms with Gasteiger partial charge < -0.3 is 0 Å². The van der Waals surface area contributed by atoms with Crippen molar-refractivity contribution >= 4 is 17.4 Å². The summed E-state index contributed by atoms with van der Waals surface area (Å²) in [6.45, 7) is 4.01. The van der Waals surface area contributed by atoms with Gasteiger partial charge in [0.05, 0.1) is 5.38 Å². The molecule has 0 aromatic heterocycles. The van der Waals surface area contributed by atoms with Crippen LogP contribution in [0.4, 0.5) is 0 Å². The fourth-order valence-electron chi connectivity index (χ4n) is 1.08. The van der Waals surface area contributed by atoms with Crippen LogP contribution in [0.5, 0.6) is 0 Å². The van der Waals surface area contributed by atoms with Gasteiger partial charge >= 0.3 is 5.78 Å². The van der Waals surface area contributed by atoms with Gasteiger partial charge in [-0.3, -0.25) is 4.42 Å². The predicted molar refractivity (Wildman–Crippen MR) is 57.2 cm³/mol. The van der Waals surface area contributed by atoms with Crippen molar-refractivity contribution in [2.45, 2.75) is 19.2 Å². The predicted octanol–water partition coefficient (Wildman–Crippen LogP) is 2.79. The molecule has 0 saturated carbocycles. The third kappa shape index (κ3) is 2.56. The minimum atomic E-state index is 0.0772. The molecule has 0 spiro atoms. The smallest absolute Gasteiger partial charge is 0.258 e. The van der Waals surface area contributed by atoms with E-state index >= 15 is 0 Å². The zero-order valence-corrected chi connectivity index (χ0v) is 8.93. The fourth-order valence-corrected chi connectivity index (χ4v) is 1.21. The Bertz CT molecular complexity index is 288. The van der Waals surface area contributed by atoms with Gasteiger partial charge in [0.25, 0.3) is 7.11 Å². The second kappa shape index (κ2) is 4.43. The zero-order chi connectivity index (χ0) is 9.84. The third-order valence-electron chi connectivity index (χ3n) is 2.14.